The molecule has 2 amide bonds. The summed E-state index contributed by atoms with van der Waals surface area (Å²) in [7, 11) is 1.68. The summed E-state index contributed by atoms with van der Waals surface area (Å²) in [6.07, 6.45) is 0.950. The highest BCUT2D eigenvalue weighted by molar-refractivity contribution is 5.92. The van der Waals surface area contributed by atoms with Crippen LogP contribution in [0, 0.1) is 0 Å². The summed E-state index contributed by atoms with van der Waals surface area (Å²) in [6.45, 7) is 9.03. The zero-order chi connectivity index (χ0) is 15.5. The molecule has 0 aromatic carbocycles. The van der Waals surface area contributed by atoms with Crippen LogP contribution in [0.25, 0.3) is 0 Å². The summed E-state index contributed by atoms with van der Waals surface area (Å²) in [5.74, 6) is 0.208. The van der Waals surface area contributed by atoms with E-state index in [4.69, 9.17) is 4.74 Å². The number of nitrogens with one attached hydrogen (secondary N) is 2. The van der Waals surface area contributed by atoms with Crippen molar-refractivity contribution in [2.75, 3.05) is 5.32 Å². The normalized spacial score (nSPS) is 11.3. The Kier molecular flexibility index (Phi) is 4.75. The molecule has 0 radical (unpaired) electrons. The maximum Gasteiger partial charge on any atom is 0.413 e. The monoisotopic (exact) mass is 282 g/mol. The molecule has 1 aromatic heterocycles. The van der Waals surface area contributed by atoms with Gasteiger partial charge in [0, 0.05) is 19.3 Å². The number of hydrogen-bond donors (Lipinski definition) is 2. The highest BCUT2D eigenvalue weighted by atomic mass is 16.6. The number of nitrogens with zero attached hydrogens (tertiary/aromatic N) is 2. The van der Waals surface area contributed by atoms with E-state index in [2.05, 4.69) is 15.6 Å². The van der Waals surface area contributed by atoms with Gasteiger partial charge in [0.2, 0.25) is 5.82 Å². The Morgan fingerprint density at radius 3 is 2.45 bits per heavy atom. The van der Waals surface area contributed by atoms with Crippen LogP contribution in [0.5, 0.6) is 0 Å². The molecule has 7 nitrogen and oxygen atoms in total. The van der Waals surface area contributed by atoms with Gasteiger partial charge in [-0.25, -0.2) is 9.78 Å². The van der Waals surface area contributed by atoms with Crippen molar-refractivity contribution >= 4 is 17.8 Å². The standard InChI is InChI=1S/C13H22N4O3/c1-8(2)14-11(18)10-15-9(7-17(10)6)16-12(19)20-13(3,4)5/h7-8H,1-6H3,(H,14,18)(H,16,19). The number of rotatable bonds is 3. The molecule has 1 heterocycles. The van der Waals surface area contributed by atoms with Crippen LogP contribution in [0.1, 0.15) is 45.2 Å². The molecular formula is C13H22N4O3. The second-order valence-corrected chi connectivity index (χ2v) is 5.82. The Hall–Kier alpha value is -2.05. The van der Waals surface area contributed by atoms with Crippen LogP contribution in [0.4, 0.5) is 10.6 Å². The van der Waals surface area contributed by atoms with E-state index in [1.165, 1.54) is 0 Å². The number of amides is 2. The van der Waals surface area contributed by atoms with Crippen LogP contribution in [0.3, 0.4) is 0 Å². The molecule has 0 aliphatic heterocycles. The smallest absolute Gasteiger partial charge is 0.413 e. The fourth-order valence-corrected chi connectivity index (χ4v) is 1.47. The zero-order valence-electron chi connectivity index (χ0n) is 12.8. The fraction of sp³-hybridized carbons (Fsp3) is 0.615. The Bertz CT molecular complexity index is 500. The van der Waals surface area contributed by atoms with Gasteiger partial charge in [0.25, 0.3) is 5.91 Å². The third-order valence-corrected chi connectivity index (χ3v) is 2.13. The Morgan fingerprint density at radius 2 is 1.95 bits per heavy atom. The van der Waals surface area contributed by atoms with Crippen molar-refractivity contribution in [2.24, 2.45) is 7.05 Å². The highest BCUT2D eigenvalue weighted by Crippen LogP contribution is 2.11. The minimum Gasteiger partial charge on any atom is -0.444 e. The first-order valence-electron chi connectivity index (χ1n) is 6.42. The summed E-state index contributed by atoms with van der Waals surface area (Å²) in [4.78, 5) is 27.6. The molecule has 0 spiro atoms. The van der Waals surface area contributed by atoms with E-state index in [0.29, 0.717) is 0 Å². The van der Waals surface area contributed by atoms with Crippen LogP contribution in [0.15, 0.2) is 6.20 Å². The van der Waals surface area contributed by atoms with E-state index >= 15 is 0 Å². The molecule has 0 saturated heterocycles. The number of ether oxygens (including phenoxy) is 1. The first-order chi connectivity index (χ1) is 9.08. The van der Waals surface area contributed by atoms with Crippen molar-refractivity contribution in [3.63, 3.8) is 0 Å². The van der Waals surface area contributed by atoms with Crippen molar-refractivity contribution in [3.8, 4) is 0 Å². The maximum atomic E-state index is 11.9. The lowest BCUT2D eigenvalue weighted by Crippen LogP contribution is -2.32. The molecule has 0 bridgehead atoms. The SMILES string of the molecule is CC(C)NC(=O)c1nc(NC(=O)OC(C)(C)C)cn1C. The summed E-state index contributed by atoms with van der Waals surface area (Å²) in [5, 5.41) is 5.23. The Labute approximate surface area is 118 Å². The van der Waals surface area contributed by atoms with Crippen LogP contribution in [-0.4, -0.2) is 33.2 Å². The van der Waals surface area contributed by atoms with Gasteiger partial charge in [0.1, 0.15) is 5.60 Å². The zero-order valence-corrected chi connectivity index (χ0v) is 12.8. The third kappa shape index (κ3) is 4.91. The highest BCUT2D eigenvalue weighted by Gasteiger charge is 2.19. The lowest BCUT2D eigenvalue weighted by molar-refractivity contribution is 0.0635. The van der Waals surface area contributed by atoms with Crippen LogP contribution in [-0.2, 0) is 11.8 Å². The molecule has 1 rings (SSSR count). The van der Waals surface area contributed by atoms with Gasteiger partial charge in [-0.2, -0.15) is 0 Å². The van der Waals surface area contributed by atoms with Crippen molar-refractivity contribution in [1.29, 1.82) is 0 Å². The van der Waals surface area contributed by atoms with Crippen molar-refractivity contribution in [3.05, 3.63) is 12.0 Å². The quantitative estimate of drug-likeness (QED) is 0.886. The molecule has 0 atom stereocenters. The molecule has 7 heteroatoms. The molecule has 0 saturated carbocycles. The molecule has 0 aliphatic carbocycles. The molecule has 0 fully saturated rings. The van der Waals surface area contributed by atoms with Gasteiger partial charge in [0.05, 0.1) is 0 Å². The lowest BCUT2D eigenvalue weighted by atomic mass is 10.2. The van der Waals surface area contributed by atoms with Crippen LogP contribution < -0.4 is 10.6 Å². The second-order valence-electron chi connectivity index (χ2n) is 5.82. The third-order valence-electron chi connectivity index (χ3n) is 2.13. The maximum absolute atomic E-state index is 11.9. The largest absolute Gasteiger partial charge is 0.444 e. The average Bonchev–Trinajstić information content (AvgIpc) is 2.54. The molecule has 1 aromatic rings. The predicted octanol–water partition coefficient (Wildman–Crippen LogP) is 1.91. The number of anilines is 1. The van der Waals surface area contributed by atoms with E-state index < -0.39 is 11.7 Å². The van der Waals surface area contributed by atoms with E-state index in [9.17, 15) is 9.59 Å². The van der Waals surface area contributed by atoms with E-state index in [-0.39, 0.29) is 23.6 Å². The fourth-order valence-electron chi connectivity index (χ4n) is 1.47. The predicted molar refractivity (Wildman–Crippen MR) is 75.7 cm³/mol. The average molecular weight is 282 g/mol. The van der Waals surface area contributed by atoms with Crippen molar-refractivity contribution in [1.82, 2.24) is 14.9 Å². The van der Waals surface area contributed by atoms with Crippen molar-refractivity contribution in [2.45, 2.75) is 46.3 Å². The van der Waals surface area contributed by atoms with Gasteiger partial charge in [-0.15, -0.1) is 0 Å². The molecule has 0 aliphatic rings. The summed E-state index contributed by atoms with van der Waals surface area (Å²) in [6, 6.07) is 0.0152. The molecule has 20 heavy (non-hydrogen) atoms. The number of imidazole rings is 1. The van der Waals surface area contributed by atoms with Gasteiger partial charge in [0.15, 0.2) is 5.82 Å². The summed E-state index contributed by atoms with van der Waals surface area (Å²) < 4.78 is 6.66. The van der Waals surface area contributed by atoms with E-state index in [1.807, 2.05) is 13.8 Å². The number of hydrogen-bond acceptors (Lipinski definition) is 4. The Balaban J connectivity index is 2.75. The van der Waals surface area contributed by atoms with Gasteiger partial charge in [-0.3, -0.25) is 10.1 Å². The first kappa shape index (κ1) is 16.0. The molecule has 2 N–H and O–H groups in total. The Morgan fingerprint density at radius 1 is 1.35 bits per heavy atom. The second kappa shape index (κ2) is 5.94. The van der Waals surface area contributed by atoms with Crippen LogP contribution in [0.2, 0.25) is 0 Å². The lowest BCUT2D eigenvalue weighted by Gasteiger charge is -2.18. The van der Waals surface area contributed by atoms with Gasteiger partial charge in [-0.1, -0.05) is 0 Å². The first-order valence-corrected chi connectivity index (χ1v) is 6.42. The topological polar surface area (TPSA) is 85.2 Å². The van der Waals surface area contributed by atoms with Gasteiger partial charge >= 0.3 is 6.09 Å². The van der Waals surface area contributed by atoms with E-state index in [1.54, 1.807) is 38.6 Å². The van der Waals surface area contributed by atoms with Gasteiger partial charge < -0.3 is 14.6 Å². The van der Waals surface area contributed by atoms with Crippen molar-refractivity contribution < 1.29 is 14.3 Å². The van der Waals surface area contributed by atoms with E-state index in [0.717, 1.165) is 0 Å². The number of carbonyl (C=O) groups is 2. The number of carbonyl (C=O) groups excluding carboxylic acids is 2. The van der Waals surface area contributed by atoms with Crippen LogP contribution >= 0.6 is 0 Å². The van der Waals surface area contributed by atoms with Gasteiger partial charge in [-0.05, 0) is 34.6 Å². The molecule has 112 valence electrons. The molecule has 0 unspecified atom stereocenters. The summed E-state index contributed by atoms with van der Waals surface area (Å²) in [5.41, 5.74) is -0.587. The summed E-state index contributed by atoms with van der Waals surface area (Å²) >= 11 is 0. The number of aryl methyl sites for hydroxylation is 1. The molecular weight excluding hydrogens is 260 g/mol. The minimum atomic E-state index is -0.605. The number of aromatic nitrogens is 2. The minimum absolute atomic E-state index is 0.0152.